The Morgan fingerprint density at radius 2 is 1.61 bits per heavy atom. The van der Waals surface area contributed by atoms with Crippen LogP contribution >= 0.6 is 0 Å². The van der Waals surface area contributed by atoms with Crippen LogP contribution in [0.25, 0.3) is 0 Å². The van der Waals surface area contributed by atoms with E-state index < -0.39 is 5.60 Å². The Kier molecular flexibility index (Phi) is 3.68. The Balaban J connectivity index is 1.46. The highest BCUT2D eigenvalue weighted by Gasteiger charge is 2.42. The van der Waals surface area contributed by atoms with Crippen LogP contribution in [0.1, 0.15) is 64.7 Å². The van der Waals surface area contributed by atoms with Crippen molar-refractivity contribution in [2.24, 2.45) is 17.8 Å². The first-order valence-electron chi connectivity index (χ1n) is 8.16. The van der Waals surface area contributed by atoms with Crippen LogP contribution in [0.3, 0.4) is 0 Å². The fourth-order valence-corrected chi connectivity index (χ4v) is 3.74. The van der Waals surface area contributed by atoms with E-state index in [1.807, 2.05) is 0 Å². The molecule has 0 spiro atoms. The third-order valence-electron chi connectivity index (χ3n) is 5.54. The molecule has 18 heavy (non-hydrogen) atoms. The highest BCUT2D eigenvalue weighted by atomic mass is 16.3. The van der Waals surface area contributed by atoms with Gasteiger partial charge in [-0.15, -0.1) is 0 Å². The fourth-order valence-electron chi connectivity index (χ4n) is 3.74. The van der Waals surface area contributed by atoms with Crippen molar-refractivity contribution in [1.82, 2.24) is 5.32 Å². The minimum absolute atomic E-state index is 0.395. The van der Waals surface area contributed by atoms with E-state index in [1.54, 1.807) is 0 Å². The lowest BCUT2D eigenvalue weighted by Crippen LogP contribution is -2.47. The molecule has 0 aromatic heterocycles. The highest BCUT2D eigenvalue weighted by Crippen LogP contribution is 2.45. The molecule has 3 saturated carbocycles. The van der Waals surface area contributed by atoms with Gasteiger partial charge in [-0.2, -0.15) is 0 Å². The van der Waals surface area contributed by atoms with Crippen molar-refractivity contribution in [3.8, 4) is 0 Å². The molecule has 0 aromatic carbocycles. The minimum Gasteiger partial charge on any atom is -0.389 e. The Bertz CT molecular complexity index is 263. The normalized spacial score (nSPS) is 37.2. The van der Waals surface area contributed by atoms with Crippen LogP contribution in [0.5, 0.6) is 0 Å². The molecule has 0 aliphatic heterocycles. The average molecular weight is 251 g/mol. The second kappa shape index (κ2) is 5.13. The summed E-state index contributed by atoms with van der Waals surface area (Å²) in [5.41, 5.74) is -0.395. The second-order valence-electron chi connectivity index (χ2n) is 7.16. The van der Waals surface area contributed by atoms with Crippen molar-refractivity contribution in [3.05, 3.63) is 0 Å². The van der Waals surface area contributed by atoms with Crippen LogP contribution < -0.4 is 5.32 Å². The highest BCUT2D eigenvalue weighted by molar-refractivity contribution is 4.98. The van der Waals surface area contributed by atoms with Crippen molar-refractivity contribution >= 4 is 0 Å². The third-order valence-corrected chi connectivity index (χ3v) is 5.54. The molecule has 3 aliphatic rings. The zero-order chi connectivity index (χ0) is 12.6. The molecule has 3 fully saturated rings. The molecule has 2 heteroatoms. The third kappa shape index (κ3) is 3.08. The lowest BCUT2D eigenvalue weighted by atomic mass is 9.77. The molecule has 0 amide bonds. The van der Waals surface area contributed by atoms with Crippen LogP contribution in [-0.4, -0.2) is 23.3 Å². The molecule has 3 aliphatic carbocycles. The van der Waals surface area contributed by atoms with E-state index in [1.165, 1.54) is 44.9 Å². The van der Waals surface area contributed by atoms with Gasteiger partial charge in [-0.05, 0) is 69.1 Å². The van der Waals surface area contributed by atoms with Gasteiger partial charge < -0.3 is 10.4 Å². The fraction of sp³-hybridized carbons (Fsp3) is 1.00. The maximum atomic E-state index is 10.7. The summed E-state index contributed by atoms with van der Waals surface area (Å²) in [5.74, 6) is 2.74. The molecule has 0 heterocycles. The summed E-state index contributed by atoms with van der Waals surface area (Å²) in [6, 6.07) is 0.734. The monoisotopic (exact) mass is 251 g/mol. The number of rotatable bonds is 6. The maximum absolute atomic E-state index is 10.7. The van der Waals surface area contributed by atoms with Gasteiger partial charge in [-0.3, -0.25) is 0 Å². The van der Waals surface area contributed by atoms with Gasteiger partial charge in [0.1, 0.15) is 0 Å². The van der Waals surface area contributed by atoms with E-state index >= 15 is 0 Å². The molecular formula is C16H29NO. The van der Waals surface area contributed by atoms with Crippen molar-refractivity contribution in [2.45, 2.75) is 76.4 Å². The van der Waals surface area contributed by atoms with Gasteiger partial charge >= 0.3 is 0 Å². The summed E-state index contributed by atoms with van der Waals surface area (Å²) >= 11 is 0. The van der Waals surface area contributed by atoms with E-state index in [2.05, 4.69) is 12.2 Å². The number of aliphatic hydroxyl groups is 1. The zero-order valence-corrected chi connectivity index (χ0v) is 11.8. The summed E-state index contributed by atoms with van der Waals surface area (Å²) in [7, 11) is 0. The largest absolute Gasteiger partial charge is 0.389 e. The SMILES string of the molecule is CCC1CCC(O)(CNC(C2CC2)C2CC2)CC1. The van der Waals surface area contributed by atoms with Crippen molar-refractivity contribution in [2.75, 3.05) is 6.54 Å². The Morgan fingerprint density at radius 3 is 2.06 bits per heavy atom. The lowest BCUT2D eigenvalue weighted by Gasteiger charge is -2.37. The van der Waals surface area contributed by atoms with E-state index in [9.17, 15) is 5.11 Å². The molecular weight excluding hydrogens is 222 g/mol. The predicted octanol–water partition coefficient (Wildman–Crippen LogP) is 3.10. The molecule has 104 valence electrons. The standard InChI is InChI=1S/C16H29NO/c1-2-12-7-9-16(18,10-8-12)11-17-15(13-3-4-13)14-5-6-14/h12-15,17-18H,2-11H2,1H3. The Hall–Kier alpha value is -0.0800. The second-order valence-corrected chi connectivity index (χ2v) is 7.16. The first kappa shape index (κ1) is 12.9. The number of hydrogen-bond acceptors (Lipinski definition) is 2. The summed E-state index contributed by atoms with van der Waals surface area (Å²) in [6.45, 7) is 3.13. The first-order chi connectivity index (χ1) is 8.70. The summed E-state index contributed by atoms with van der Waals surface area (Å²) in [5, 5.41) is 14.4. The first-order valence-corrected chi connectivity index (χ1v) is 8.16. The lowest BCUT2D eigenvalue weighted by molar-refractivity contribution is -0.0117. The Morgan fingerprint density at radius 1 is 1.06 bits per heavy atom. The van der Waals surface area contributed by atoms with Crippen LogP contribution in [0, 0.1) is 17.8 Å². The molecule has 0 aromatic rings. The van der Waals surface area contributed by atoms with Crippen molar-refractivity contribution in [1.29, 1.82) is 0 Å². The van der Waals surface area contributed by atoms with Gasteiger partial charge in [0.05, 0.1) is 5.60 Å². The van der Waals surface area contributed by atoms with E-state index in [4.69, 9.17) is 0 Å². The molecule has 0 saturated heterocycles. The van der Waals surface area contributed by atoms with Crippen LogP contribution in [0.4, 0.5) is 0 Å². The van der Waals surface area contributed by atoms with E-state index in [0.717, 1.165) is 43.2 Å². The Labute approximate surface area is 112 Å². The quantitative estimate of drug-likeness (QED) is 0.760. The molecule has 0 atom stereocenters. The minimum atomic E-state index is -0.395. The van der Waals surface area contributed by atoms with Gasteiger partial charge in [-0.1, -0.05) is 13.3 Å². The van der Waals surface area contributed by atoms with Gasteiger partial charge in [0.15, 0.2) is 0 Å². The number of nitrogens with one attached hydrogen (secondary N) is 1. The molecule has 2 nitrogen and oxygen atoms in total. The summed E-state index contributed by atoms with van der Waals surface area (Å²) in [6.07, 6.45) is 11.5. The van der Waals surface area contributed by atoms with Crippen LogP contribution in [0.15, 0.2) is 0 Å². The van der Waals surface area contributed by atoms with Gasteiger partial charge in [0.25, 0.3) is 0 Å². The number of hydrogen-bond donors (Lipinski definition) is 2. The summed E-state index contributed by atoms with van der Waals surface area (Å²) < 4.78 is 0. The van der Waals surface area contributed by atoms with Crippen LogP contribution in [0.2, 0.25) is 0 Å². The van der Waals surface area contributed by atoms with Crippen LogP contribution in [-0.2, 0) is 0 Å². The molecule has 0 bridgehead atoms. The van der Waals surface area contributed by atoms with Crippen molar-refractivity contribution < 1.29 is 5.11 Å². The maximum Gasteiger partial charge on any atom is 0.0771 e. The van der Waals surface area contributed by atoms with Gasteiger partial charge in [0.2, 0.25) is 0 Å². The topological polar surface area (TPSA) is 32.3 Å². The van der Waals surface area contributed by atoms with E-state index in [-0.39, 0.29) is 0 Å². The van der Waals surface area contributed by atoms with Gasteiger partial charge in [0, 0.05) is 12.6 Å². The molecule has 0 radical (unpaired) electrons. The average Bonchev–Trinajstić information content (AvgIpc) is 3.24. The summed E-state index contributed by atoms with van der Waals surface area (Å²) in [4.78, 5) is 0. The zero-order valence-electron chi connectivity index (χ0n) is 11.8. The van der Waals surface area contributed by atoms with Gasteiger partial charge in [-0.25, -0.2) is 0 Å². The van der Waals surface area contributed by atoms with Crippen molar-refractivity contribution in [3.63, 3.8) is 0 Å². The molecule has 0 unspecified atom stereocenters. The van der Waals surface area contributed by atoms with E-state index in [0.29, 0.717) is 0 Å². The predicted molar refractivity (Wildman–Crippen MR) is 74.4 cm³/mol. The smallest absolute Gasteiger partial charge is 0.0771 e. The molecule has 3 rings (SSSR count). The molecule has 2 N–H and O–H groups in total.